The van der Waals surface area contributed by atoms with Crippen molar-refractivity contribution >= 4 is 17.6 Å². The summed E-state index contributed by atoms with van der Waals surface area (Å²) in [5.74, 6) is 0. The van der Waals surface area contributed by atoms with E-state index in [0.717, 1.165) is 6.42 Å². The first-order valence-corrected chi connectivity index (χ1v) is 6.91. The fourth-order valence-electron chi connectivity index (χ4n) is 2.72. The van der Waals surface area contributed by atoms with Crippen LogP contribution in [0, 0.1) is 0 Å². The predicted molar refractivity (Wildman–Crippen MR) is 84.4 cm³/mol. The van der Waals surface area contributed by atoms with Crippen LogP contribution in [0.25, 0.3) is 0 Å². The topological polar surface area (TPSA) is 0 Å². The molecule has 0 aromatic heterocycles. The maximum atomic E-state index is 2.38. The molecule has 0 unspecified atom stereocenters. The lowest BCUT2D eigenvalue weighted by Gasteiger charge is -2.18. The van der Waals surface area contributed by atoms with Gasteiger partial charge in [-0.1, -0.05) is 95.3 Å². The molecule has 1 aliphatic carbocycles. The molecule has 92 valence electrons. The van der Waals surface area contributed by atoms with Gasteiger partial charge in [0.05, 0.1) is 0 Å². The Hall–Kier alpha value is -2.02. The Bertz CT molecular complexity index is 542. The molecule has 0 saturated carbocycles. The molecular weight excluding hydrogens is 227 g/mol. The van der Waals surface area contributed by atoms with Crippen LogP contribution >= 0.6 is 0 Å². The van der Waals surface area contributed by atoms with E-state index in [1.807, 2.05) is 0 Å². The van der Waals surface area contributed by atoms with E-state index in [-0.39, 0.29) is 0 Å². The summed E-state index contributed by atoms with van der Waals surface area (Å²) in [7, 11) is 0. The van der Waals surface area contributed by atoms with Gasteiger partial charge in [-0.2, -0.15) is 0 Å². The van der Waals surface area contributed by atoms with Gasteiger partial charge >= 0.3 is 0 Å². The van der Waals surface area contributed by atoms with Gasteiger partial charge in [0, 0.05) is 0 Å². The fourth-order valence-corrected chi connectivity index (χ4v) is 2.72. The average Bonchev–Trinajstić information content (AvgIpc) is 2.51. The zero-order chi connectivity index (χ0) is 12.9. The van der Waals surface area contributed by atoms with E-state index in [1.54, 1.807) is 0 Å². The highest BCUT2D eigenvalue weighted by molar-refractivity contribution is 6.91. The highest BCUT2D eigenvalue weighted by atomic mass is 14.0. The van der Waals surface area contributed by atoms with Gasteiger partial charge in [0.15, 0.2) is 0 Å². The highest BCUT2D eigenvalue weighted by Gasteiger charge is 2.22. The van der Waals surface area contributed by atoms with Gasteiger partial charge in [-0.3, -0.25) is 0 Å². The molecule has 2 aromatic carbocycles. The van der Waals surface area contributed by atoms with Gasteiger partial charge in [0.1, 0.15) is 0 Å². The average molecular weight is 244 g/mol. The summed E-state index contributed by atoms with van der Waals surface area (Å²) in [6.07, 6.45) is 9.27. The fraction of sp³-hybridized carbons (Fsp3) is 0.111. The standard InChI is InChI=1S/C18H17B/c1-4-10-16(11-5-1)19(17-12-6-2-7-13-17)18-14-8-3-9-15-18/h1-2,4-8,10-15H,3,9H2. The minimum absolute atomic E-state index is 0.360. The summed E-state index contributed by atoms with van der Waals surface area (Å²) in [4.78, 5) is 0. The summed E-state index contributed by atoms with van der Waals surface area (Å²) in [5, 5.41) is 0. The van der Waals surface area contributed by atoms with Crippen molar-refractivity contribution in [1.29, 1.82) is 0 Å². The lowest BCUT2D eigenvalue weighted by Crippen LogP contribution is -2.43. The van der Waals surface area contributed by atoms with Gasteiger partial charge in [0.25, 0.3) is 0 Å². The zero-order valence-corrected chi connectivity index (χ0v) is 11.0. The van der Waals surface area contributed by atoms with Gasteiger partial charge < -0.3 is 0 Å². The van der Waals surface area contributed by atoms with Crippen molar-refractivity contribution in [2.24, 2.45) is 0 Å². The van der Waals surface area contributed by atoms with Crippen molar-refractivity contribution in [3.05, 3.63) is 84.4 Å². The second kappa shape index (κ2) is 5.75. The van der Waals surface area contributed by atoms with Crippen LogP contribution < -0.4 is 10.9 Å². The highest BCUT2D eigenvalue weighted by Crippen LogP contribution is 2.13. The molecule has 0 aliphatic heterocycles. The summed E-state index contributed by atoms with van der Waals surface area (Å²) in [5.41, 5.74) is 4.15. The first kappa shape index (κ1) is 12.0. The van der Waals surface area contributed by atoms with Crippen LogP contribution in [0.4, 0.5) is 0 Å². The summed E-state index contributed by atoms with van der Waals surface area (Å²) in [6.45, 7) is 0.360. The number of hydrogen-bond donors (Lipinski definition) is 0. The summed E-state index contributed by atoms with van der Waals surface area (Å²) < 4.78 is 0. The van der Waals surface area contributed by atoms with Gasteiger partial charge in [-0.25, -0.2) is 0 Å². The quantitative estimate of drug-likeness (QED) is 0.728. The van der Waals surface area contributed by atoms with Crippen LogP contribution in [-0.4, -0.2) is 6.71 Å². The van der Waals surface area contributed by atoms with E-state index in [2.05, 4.69) is 78.9 Å². The maximum Gasteiger partial charge on any atom is 0.240 e. The lowest BCUT2D eigenvalue weighted by atomic mass is 9.36. The summed E-state index contributed by atoms with van der Waals surface area (Å²) in [6, 6.07) is 21.5. The Balaban J connectivity index is 2.06. The first-order chi connectivity index (χ1) is 9.45. The molecule has 0 fully saturated rings. The maximum absolute atomic E-state index is 2.38. The third kappa shape index (κ3) is 2.71. The van der Waals surface area contributed by atoms with Crippen molar-refractivity contribution in [1.82, 2.24) is 0 Å². The number of hydrogen-bond acceptors (Lipinski definition) is 0. The minimum atomic E-state index is 0.360. The van der Waals surface area contributed by atoms with E-state index in [1.165, 1.54) is 22.8 Å². The second-order valence-electron chi connectivity index (χ2n) is 4.94. The monoisotopic (exact) mass is 244 g/mol. The molecule has 0 heterocycles. The smallest absolute Gasteiger partial charge is 0.0889 e. The largest absolute Gasteiger partial charge is 0.240 e. The molecule has 1 heteroatoms. The van der Waals surface area contributed by atoms with Gasteiger partial charge in [0.2, 0.25) is 6.71 Å². The van der Waals surface area contributed by atoms with E-state index >= 15 is 0 Å². The predicted octanol–water partition coefficient (Wildman–Crippen LogP) is 3.11. The molecule has 3 rings (SSSR count). The molecule has 0 saturated heterocycles. The van der Waals surface area contributed by atoms with E-state index in [0.29, 0.717) is 6.71 Å². The molecule has 2 aromatic rings. The van der Waals surface area contributed by atoms with Crippen LogP contribution in [0.5, 0.6) is 0 Å². The Kier molecular flexibility index (Phi) is 3.64. The molecule has 0 atom stereocenters. The molecule has 0 amide bonds. The van der Waals surface area contributed by atoms with E-state index in [4.69, 9.17) is 0 Å². The van der Waals surface area contributed by atoms with Crippen LogP contribution in [0.15, 0.2) is 84.4 Å². The molecular formula is C18H17B. The molecule has 0 radical (unpaired) electrons. The van der Waals surface area contributed by atoms with Crippen molar-refractivity contribution in [2.75, 3.05) is 0 Å². The minimum Gasteiger partial charge on any atom is -0.0889 e. The Morgan fingerprint density at radius 2 is 1.26 bits per heavy atom. The molecule has 0 spiro atoms. The number of benzene rings is 2. The van der Waals surface area contributed by atoms with E-state index in [9.17, 15) is 0 Å². The zero-order valence-electron chi connectivity index (χ0n) is 11.0. The molecule has 0 N–H and O–H groups in total. The molecule has 1 aliphatic rings. The van der Waals surface area contributed by atoms with E-state index < -0.39 is 0 Å². The normalized spacial score (nSPS) is 14.0. The third-order valence-electron chi connectivity index (χ3n) is 3.62. The van der Waals surface area contributed by atoms with Crippen LogP contribution in [-0.2, 0) is 0 Å². The number of rotatable bonds is 3. The van der Waals surface area contributed by atoms with Crippen molar-refractivity contribution in [2.45, 2.75) is 12.8 Å². The molecule has 19 heavy (non-hydrogen) atoms. The SMILES string of the molecule is C1=CC(B(c2ccccc2)c2ccccc2)=CCC1. The van der Waals surface area contributed by atoms with Crippen LogP contribution in [0.2, 0.25) is 0 Å². The van der Waals surface area contributed by atoms with Crippen LogP contribution in [0.3, 0.4) is 0 Å². The Labute approximate surface area is 115 Å². The molecule has 0 bridgehead atoms. The summed E-state index contributed by atoms with van der Waals surface area (Å²) >= 11 is 0. The third-order valence-corrected chi connectivity index (χ3v) is 3.62. The van der Waals surface area contributed by atoms with Crippen LogP contribution in [0.1, 0.15) is 12.8 Å². The Morgan fingerprint density at radius 1 is 0.684 bits per heavy atom. The number of allylic oxidation sites excluding steroid dienone is 4. The van der Waals surface area contributed by atoms with Crippen molar-refractivity contribution < 1.29 is 0 Å². The van der Waals surface area contributed by atoms with Gasteiger partial charge in [-0.15, -0.1) is 0 Å². The Morgan fingerprint density at radius 3 is 1.74 bits per heavy atom. The second-order valence-corrected chi connectivity index (χ2v) is 4.94. The lowest BCUT2D eigenvalue weighted by molar-refractivity contribution is 1.03. The first-order valence-electron chi connectivity index (χ1n) is 6.91. The van der Waals surface area contributed by atoms with Gasteiger partial charge in [-0.05, 0) is 12.8 Å². The van der Waals surface area contributed by atoms with Crippen molar-refractivity contribution in [3.8, 4) is 0 Å². The molecule has 0 nitrogen and oxygen atoms in total. The van der Waals surface area contributed by atoms with Crippen molar-refractivity contribution in [3.63, 3.8) is 0 Å².